The van der Waals surface area contributed by atoms with Crippen LogP contribution < -0.4 is 22.1 Å². The van der Waals surface area contributed by atoms with Gasteiger partial charge in [-0.15, -0.1) is 0 Å². The van der Waals surface area contributed by atoms with Crippen LogP contribution in [0, 0.1) is 5.92 Å². The Morgan fingerprint density at radius 2 is 1.79 bits per heavy atom. The smallest absolute Gasteiger partial charge is 0.475 e. The second kappa shape index (κ2) is 25.2. The fourth-order valence-corrected chi connectivity index (χ4v) is 7.86. The number of carbonyl (C=O) groups is 4. The average molecular weight is 936 g/mol. The van der Waals surface area contributed by atoms with Crippen molar-refractivity contribution in [2.24, 2.45) is 5.92 Å². The summed E-state index contributed by atoms with van der Waals surface area (Å²) in [5.41, 5.74) is 4.48. The van der Waals surface area contributed by atoms with Crippen LogP contribution in [0.25, 0.3) is 0 Å². The minimum atomic E-state index is -5.68. The Morgan fingerprint density at radius 3 is 2.44 bits per heavy atom. The van der Waals surface area contributed by atoms with E-state index in [1.54, 1.807) is 0 Å². The summed E-state index contributed by atoms with van der Waals surface area (Å²) in [5.74, 6) is -8.77. The number of ether oxygens (including phenoxy) is 6. The molecule has 12 atom stereocenters. The molecule has 0 radical (unpaired) electrons. The number of nitrogens with one attached hydrogen (secondary N) is 2. The van der Waals surface area contributed by atoms with Gasteiger partial charge in [-0.3, -0.25) is 23.5 Å². The van der Waals surface area contributed by atoms with Crippen molar-refractivity contribution in [2.45, 2.75) is 73.6 Å². The first-order valence-corrected chi connectivity index (χ1v) is 21.4. The van der Waals surface area contributed by atoms with Gasteiger partial charge in [0.1, 0.15) is 49.0 Å². The number of aliphatic hydroxyl groups excluding tert-OH is 6. The van der Waals surface area contributed by atoms with Crippen molar-refractivity contribution in [1.82, 2.24) is 20.2 Å². The Hall–Kier alpha value is -3.42. The number of carbonyl (C=O) groups excluding carboxylic acids is 3. The number of carboxylic acids is 1. The first-order chi connectivity index (χ1) is 29.3. The number of phosphoric ester groups is 1. The van der Waals surface area contributed by atoms with Crippen LogP contribution in [0.1, 0.15) is 19.1 Å². The molecule has 354 valence electrons. The highest BCUT2D eigenvalue weighted by Gasteiger charge is 2.59. The summed E-state index contributed by atoms with van der Waals surface area (Å²) in [6.07, 6.45) is -16.3. The minimum absolute atomic E-state index is 0.0764. The van der Waals surface area contributed by atoms with Gasteiger partial charge < -0.3 is 85.4 Å². The number of hydrogen-bond acceptors (Lipinski definition) is 23. The van der Waals surface area contributed by atoms with Gasteiger partial charge in [-0.05, 0) is 6.07 Å². The molecule has 2 fully saturated rings. The van der Waals surface area contributed by atoms with Crippen LogP contribution >= 0.6 is 19.6 Å². The second-order valence-electron chi connectivity index (χ2n) is 13.7. The van der Waals surface area contributed by atoms with Crippen LogP contribution in [0.4, 0.5) is 5.82 Å². The fourth-order valence-electron chi connectivity index (χ4n) is 5.94. The van der Waals surface area contributed by atoms with E-state index in [1.807, 2.05) is 0 Å². The largest absolute Gasteiger partial charge is 0.477 e. The lowest BCUT2D eigenvalue weighted by Crippen LogP contribution is -2.68. The van der Waals surface area contributed by atoms with E-state index in [1.165, 1.54) is 32.0 Å². The molecular weight excluding hydrogens is 881 g/mol. The van der Waals surface area contributed by atoms with Crippen molar-refractivity contribution >= 4 is 49.2 Å². The summed E-state index contributed by atoms with van der Waals surface area (Å²) in [6, 6.07) is -0.668. The zero-order valence-corrected chi connectivity index (χ0v) is 35.2. The number of esters is 1. The maximum atomic E-state index is 13.2. The van der Waals surface area contributed by atoms with Crippen molar-refractivity contribution in [3.63, 3.8) is 0 Å². The zero-order chi connectivity index (χ0) is 46.2. The number of aliphatic carboxylic acids is 1. The Kier molecular flexibility index (Phi) is 21.5. The summed E-state index contributed by atoms with van der Waals surface area (Å²) < 4.78 is 54.7. The van der Waals surface area contributed by atoms with Crippen LogP contribution in [-0.4, -0.2) is 207 Å². The number of phosphoric acid groups is 1. The molecule has 0 aliphatic carbocycles. The molecule has 0 bridgehead atoms. The number of anilines is 1. The van der Waals surface area contributed by atoms with E-state index in [2.05, 4.69) is 15.6 Å². The molecule has 12 N–H and O–H groups in total. The SMILES string of the molecule is COCCOCCSC[C@H](CC(=O)OCCOC)C(=O)NCC(=O)N[C@H]1C([C@H](O)[C@H](O)CO)O[C@](OP(=O)(O)OCC2O[C@@H](n3ccc(N)nc3=O)[C@H](O)[C@@H]2O)(C(=O)O)C[C@H]1O. The van der Waals surface area contributed by atoms with E-state index in [0.29, 0.717) is 25.6 Å². The van der Waals surface area contributed by atoms with Crippen molar-refractivity contribution in [3.8, 4) is 0 Å². The van der Waals surface area contributed by atoms with E-state index in [0.717, 1.165) is 10.8 Å². The number of aromatic nitrogens is 2. The number of hydrogen-bond donors (Lipinski definition) is 11. The molecule has 0 aromatic carbocycles. The van der Waals surface area contributed by atoms with Gasteiger partial charge >= 0.3 is 25.5 Å². The van der Waals surface area contributed by atoms with Crippen molar-refractivity contribution in [1.29, 1.82) is 0 Å². The van der Waals surface area contributed by atoms with Gasteiger partial charge in [0.2, 0.25) is 11.8 Å². The third-order valence-electron chi connectivity index (χ3n) is 9.15. The number of rotatable bonds is 27. The Labute approximate surface area is 357 Å². The maximum absolute atomic E-state index is 13.2. The summed E-state index contributed by atoms with van der Waals surface area (Å²) >= 11 is 1.27. The van der Waals surface area contributed by atoms with Gasteiger partial charge in [0.05, 0.1) is 70.7 Å². The third kappa shape index (κ3) is 15.4. The number of aliphatic hydroxyl groups is 6. The van der Waals surface area contributed by atoms with Gasteiger partial charge in [-0.2, -0.15) is 16.7 Å². The summed E-state index contributed by atoms with van der Waals surface area (Å²) in [5, 5.41) is 77.5. The lowest BCUT2D eigenvalue weighted by molar-refractivity contribution is -0.289. The third-order valence-corrected chi connectivity index (χ3v) is 11.2. The number of nitrogen functional groups attached to an aromatic ring is 1. The van der Waals surface area contributed by atoms with E-state index in [4.69, 9.17) is 43.2 Å². The van der Waals surface area contributed by atoms with Gasteiger partial charge in [0.15, 0.2) is 6.23 Å². The number of nitrogens with two attached hydrogens (primary N) is 1. The zero-order valence-electron chi connectivity index (χ0n) is 33.5. The number of nitrogens with zero attached hydrogens (tertiary/aromatic N) is 2. The standard InChI is InChI=1S/C33H54N5O22PS/c1-53-5-7-55-9-10-62-16-17(11-23(43)56-8-6-54-2)29(47)35-13-22(42)37-24-18(40)12-33(31(48)49,59-28(24)25(44)19(41)14-39)60-61(51,52)57-15-20-26(45)27(46)30(58-20)38-4-3-21(34)36-32(38)50/h3-4,17-20,24-28,30,39-41,44-46H,5-16H2,1-2H3,(H,35,47)(H,37,42)(H,48,49)(H,51,52)(H2,34,36,50)/t17-,18+,19+,20?,24+,25+,26+,27+,28?,30+,33+/m0/s1. The molecule has 62 heavy (non-hydrogen) atoms. The van der Waals surface area contributed by atoms with E-state index >= 15 is 0 Å². The summed E-state index contributed by atoms with van der Waals surface area (Å²) in [4.78, 5) is 77.7. The molecule has 2 aliphatic heterocycles. The highest BCUT2D eigenvalue weighted by molar-refractivity contribution is 7.99. The fraction of sp³-hybridized carbons (Fsp3) is 0.758. The maximum Gasteiger partial charge on any atom is 0.475 e. The Morgan fingerprint density at radius 1 is 1.10 bits per heavy atom. The first kappa shape index (κ1) is 52.9. The monoisotopic (exact) mass is 935 g/mol. The van der Waals surface area contributed by atoms with Crippen LogP contribution in [0.2, 0.25) is 0 Å². The molecule has 29 heteroatoms. The molecule has 1 aromatic heterocycles. The van der Waals surface area contributed by atoms with Crippen LogP contribution in [0.3, 0.4) is 0 Å². The Bertz CT molecular complexity index is 1730. The molecule has 3 unspecified atom stereocenters. The van der Waals surface area contributed by atoms with Gasteiger partial charge in [-0.25, -0.2) is 18.7 Å². The Balaban J connectivity index is 1.71. The van der Waals surface area contributed by atoms with E-state index < -0.39 is 130 Å². The number of carboxylic acid groups (broad SMARTS) is 1. The quantitative estimate of drug-likeness (QED) is 0.0223. The lowest BCUT2D eigenvalue weighted by atomic mass is 9.88. The van der Waals surface area contributed by atoms with E-state index in [-0.39, 0.29) is 31.2 Å². The molecule has 2 aliphatic rings. The normalized spacial score (nSPS) is 27.4. The first-order valence-electron chi connectivity index (χ1n) is 18.8. The van der Waals surface area contributed by atoms with E-state index in [9.17, 15) is 69.2 Å². The van der Waals surface area contributed by atoms with Gasteiger partial charge in [0, 0.05) is 38.3 Å². The number of methoxy groups -OCH3 is 2. The molecule has 0 spiro atoms. The van der Waals surface area contributed by atoms with Crippen LogP contribution in [-0.2, 0) is 61.2 Å². The molecule has 2 saturated heterocycles. The molecular formula is C33H54N5O22PS. The second-order valence-corrected chi connectivity index (χ2v) is 16.2. The highest BCUT2D eigenvalue weighted by atomic mass is 32.2. The summed E-state index contributed by atoms with van der Waals surface area (Å²) in [7, 11) is -2.77. The summed E-state index contributed by atoms with van der Waals surface area (Å²) in [6.45, 7) is -2.02. The molecule has 3 heterocycles. The topological polar surface area (TPSA) is 406 Å². The molecule has 2 amide bonds. The van der Waals surface area contributed by atoms with Crippen molar-refractivity contribution in [2.75, 3.05) is 84.3 Å². The van der Waals surface area contributed by atoms with Crippen LogP contribution in [0.5, 0.6) is 0 Å². The molecule has 3 rings (SSSR count). The number of thioether (sulfide) groups is 1. The lowest BCUT2D eigenvalue weighted by Gasteiger charge is -2.46. The molecule has 1 aromatic rings. The van der Waals surface area contributed by atoms with Crippen molar-refractivity contribution < 1.29 is 102 Å². The van der Waals surface area contributed by atoms with Crippen molar-refractivity contribution in [3.05, 3.63) is 22.7 Å². The minimum Gasteiger partial charge on any atom is -0.477 e. The predicted molar refractivity (Wildman–Crippen MR) is 207 cm³/mol. The number of amides is 2. The van der Waals surface area contributed by atoms with Crippen LogP contribution in [0.15, 0.2) is 17.1 Å². The van der Waals surface area contributed by atoms with Gasteiger partial charge in [0.25, 0.3) is 5.79 Å². The highest BCUT2D eigenvalue weighted by Crippen LogP contribution is 2.51. The molecule has 27 nitrogen and oxygen atoms in total. The molecule has 0 saturated carbocycles. The average Bonchev–Trinajstić information content (AvgIpc) is 3.50. The predicted octanol–water partition coefficient (Wildman–Crippen LogP) is -5.58. The van der Waals surface area contributed by atoms with Gasteiger partial charge in [-0.1, -0.05) is 0 Å².